The number of anilines is 1. The van der Waals surface area contributed by atoms with Crippen LogP contribution in [0.2, 0.25) is 0 Å². The molecular formula is C23H22F3N2O+. The summed E-state index contributed by atoms with van der Waals surface area (Å²) in [7, 11) is 0. The smallest absolute Gasteiger partial charge is 0.282 e. The fraction of sp³-hybridized carbons (Fsp3) is 0.174. The molecule has 0 radical (unpaired) electrons. The molecule has 0 aliphatic carbocycles. The molecule has 0 aliphatic rings. The van der Waals surface area contributed by atoms with E-state index in [4.69, 9.17) is 0 Å². The van der Waals surface area contributed by atoms with Crippen LogP contribution in [-0.2, 0) is 4.79 Å². The summed E-state index contributed by atoms with van der Waals surface area (Å²) in [5.74, 6) is -4.84. The zero-order chi connectivity index (χ0) is 21.0. The number of quaternary nitrogens is 1. The minimum Gasteiger partial charge on any atom is -0.326 e. The number of nitrogens with two attached hydrogens (primary N) is 1. The number of amides is 1. The van der Waals surface area contributed by atoms with Gasteiger partial charge in [-0.2, -0.15) is 0 Å². The number of carbonyl (C=O) groups excluding carboxylic acids is 1. The first kappa shape index (κ1) is 20.6. The number of rotatable bonds is 6. The molecule has 0 aliphatic heterocycles. The molecule has 0 saturated carbocycles. The second kappa shape index (κ2) is 8.92. The van der Waals surface area contributed by atoms with Gasteiger partial charge in [0.25, 0.3) is 5.91 Å². The van der Waals surface area contributed by atoms with Crippen molar-refractivity contribution in [3.8, 4) is 0 Å². The van der Waals surface area contributed by atoms with Gasteiger partial charge in [-0.15, -0.1) is 0 Å². The van der Waals surface area contributed by atoms with Crippen molar-refractivity contribution in [2.45, 2.75) is 25.9 Å². The van der Waals surface area contributed by atoms with E-state index in [1.54, 1.807) is 6.92 Å². The van der Waals surface area contributed by atoms with Crippen LogP contribution in [0.5, 0.6) is 0 Å². The van der Waals surface area contributed by atoms with Crippen LogP contribution in [0.4, 0.5) is 18.9 Å². The molecule has 2 atom stereocenters. The molecule has 0 fully saturated rings. The van der Waals surface area contributed by atoms with Crippen LogP contribution in [0, 0.1) is 24.4 Å². The lowest BCUT2D eigenvalue weighted by molar-refractivity contribution is -0.704. The quantitative estimate of drug-likeness (QED) is 0.603. The highest BCUT2D eigenvalue weighted by atomic mass is 19.2. The van der Waals surface area contributed by atoms with Crippen LogP contribution >= 0.6 is 0 Å². The molecule has 0 aromatic heterocycles. The van der Waals surface area contributed by atoms with Crippen molar-refractivity contribution in [3.63, 3.8) is 0 Å². The Morgan fingerprint density at radius 3 is 2.14 bits per heavy atom. The van der Waals surface area contributed by atoms with Crippen molar-refractivity contribution in [2.24, 2.45) is 0 Å². The van der Waals surface area contributed by atoms with Gasteiger partial charge >= 0.3 is 0 Å². The van der Waals surface area contributed by atoms with Crippen LogP contribution in [-0.4, -0.2) is 11.9 Å². The summed E-state index contributed by atoms with van der Waals surface area (Å²) >= 11 is 0. The SMILES string of the molecule is Cc1ccc([C@H]([NH2+][C@@H](C)C(=O)Nc2ccc(F)c(F)c2F)c2ccccc2)cc1. The van der Waals surface area contributed by atoms with Gasteiger partial charge in [-0.1, -0.05) is 60.2 Å². The first-order chi connectivity index (χ1) is 13.9. The summed E-state index contributed by atoms with van der Waals surface area (Å²) in [6.07, 6.45) is 0. The molecule has 0 spiro atoms. The third-order valence-electron chi connectivity index (χ3n) is 4.78. The van der Waals surface area contributed by atoms with E-state index in [-0.39, 0.29) is 11.7 Å². The maximum Gasteiger partial charge on any atom is 0.282 e. The van der Waals surface area contributed by atoms with Gasteiger partial charge in [0.05, 0.1) is 5.69 Å². The summed E-state index contributed by atoms with van der Waals surface area (Å²) in [5.41, 5.74) is 2.76. The number of halogens is 3. The number of carbonyl (C=O) groups is 1. The Hall–Kier alpha value is -3.12. The lowest BCUT2D eigenvalue weighted by atomic mass is 9.97. The van der Waals surface area contributed by atoms with E-state index in [1.165, 1.54) is 0 Å². The van der Waals surface area contributed by atoms with Gasteiger partial charge < -0.3 is 10.6 Å². The van der Waals surface area contributed by atoms with Crippen LogP contribution in [0.3, 0.4) is 0 Å². The molecule has 3 rings (SSSR count). The first-order valence-corrected chi connectivity index (χ1v) is 9.27. The number of hydrogen-bond donors (Lipinski definition) is 2. The highest BCUT2D eigenvalue weighted by Gasteiger charge is 2.26. The van der Waals surface area contributed by atoms with Crippen LogP contribution in [0.25, 0.3) is 0 Å². The van der Waals surface area contributed by atoms with Crippen molar-refractivity contribution in [2.75, 3.05) is 5.32 Å². The third kappa shape index (κ3) is 4.84. The van der Waals surface area contributed by atoms with Gasteiger partial charge in [0.2, 0.25) is 0 Å². The lowest BCUT2D eigenvalue weighted by Gasteiger charge is -2.21. The Bertz CT molecular complexity index is 991. The average molecular weight is 399 g/mol. The maximum atomic E-state index is 13.9. The standard InChI is InChI=1S/C23H21F3N2O/c1-14-8-10-17(11-9-14)22(16-6-4-3-5-7-16)27-15(2)23(29)28-19-13-12-18(24)20(25)21(19)26/h3-13,15,22,27H,1-2H3,(H,28,29)/p+1/t15-,22+/m0/s1. The normalized spacial score (nSPS) is 13.0. The fourth-order valence-electron chi connectivity index (χ4n) is 3.09. The number of hydrogen-bond acceptors (Lipinski definition) is 1. The third-order valence-corrected chi connectivity index (χ3v) is 4.78. The minimum absolute atomic E-state index is 0.160. The van der Waals surface area contributed by atoms with E-state index in [2.05, 4.69) is 5.32 Å². The Balaban J connectivity index is 1.81. The molecule has 0 heterocycles. The summed E-state index contributed by atoms with van der Waals surface area (Å²) in [4.78, 5) is 12.6. The summed E-state index contributed by atoms with van der Waals surface area (Å²) in [6.45, 7) is 3.68. The van der Waals surface area contributed by atoms with Crippen LogP contribution in [0.1, 0.15) is 29.7 Å². The molecule has 29 heavy (non-hydrogen) atoms. The molecule has 3 aromatic rings. The molecule has 3 aromatic carbocycles. The monoisotopic (exact) mass is 399 g/mol. The highest BCUT2D eigenvalue weighted by molar-refractivity contribution is 5.93. The molecule has 6 heteroatoms. The molecule has 150 valence electrons. The van der Waals surface area contributed by atoms with Gasteiger partial charge in [-0.05, 0) is 26.0 Å². The van der Waals surface area contributed by atoms with E-state index in [0.717, 1.165) is 28.8 Å². The van der Waals surface area contributed by atoms with E-state index in [1.807, 2.05) is 66.8 Å². The second-order valence-electron chi connectivity index (χ2n) is 6.99. The largest absolute Gasteiger partial charge is 0.326 e. The van der Waals surface area contributed by atoms with Crippen LogP contribution < -0.4 is 10.6 Å². The fourth-order valence-corrected chi connectivity index (χ4v) is 3.09. The first-order valence-electron chi connectivity index (χ1n) is 9.27. The Kier molecular flexibility index (Phi) is 6.34. The van der Waals surface area contributed by atoms with Gasteiger partial charge in [-0.3, -0.25) is 4.79 Å². The van der Waals surface area contributed by atoms with E-state index < -0.39 is 29.4 Å². The Morgan fingerprint density at radius 2 is 1.48 bits per heavy atom. The summed E-state index contributed by atoms with van der Waals surface area (Å²) in [5, 5.41) is 4.20. The van der Waals surface area contributed by atoms with Gasteiger partial charge in [0.1, 0.15) is 6.04 Å². The minimum atomic E-state index is -1.61. The topological polar surface area (TPSA) is 45.7 Å². The van der Waals surface area contributed by atoms with Crippen molar-refractivity contribution >= 4 is 11.6 Å². The van der Waals surface area contributed by atoms with Gasteiger partial charge in [-0.25, -0.2) is 13.2 Å². The number of aryl methyl sites for hydroxylation is 1. The molecular weight excluding hydrogens is 377 g/mol. The van der Waals surface area contributed by atoms with Gasteiger partial charge in [0, 0.05) is 11.1 Å². The summed E-state index contributed by atoms with van der Waals surface area (Å²) < 4.78 is 40.4. The van der Waals surface area contributed by atoms with Crippen molar-refractivity contribution in [3.05, 3.63) is 101 Å². The predicted molar refractivity (Wildman–Crippen MR) is 106 cm³/mol. The molecule has 3 N–H and O–H groups in total. The zero-order valence-electron chi connectivity index (χ0n) is 16.1. The number of nitrogens with one attached hydrogen (secondary N) is 1. The highest BCUT2D eigenvalue weighted by Crippen LogP contribution is 2.21. The summed E-state index contributed by atoms with van der Waals surface area (Å²) in [6, 6.07) is 18.7. The lowest BCUT2D eigenvalue weighted by Crippen LogP contribution is -2.92. The molecule has 1 amide bonds. The van der Waals surface area contributed by atoms with E-state index >= 15 is 0 Å². The Morgan fingerprint density at radius 1 is 0.862 bits per heavy atom. The average Bonchev–Trinajstić information content (AvgIpc) is 2.73. The van der Waals surface area contributed by atoms with Crippen molar-refractivity contribution < 1.29 is 23.3 Å². The van der Waals surface area contributed by atoms with E-state index in [9.17, 15) is 18.0 Å². The number of benzene rings is 3. The maximum absolute atomic E-state index is 13.9. The molecule has 0 bridgehead atoms. The second-order valence-corrected chi connectivity index (χ2v) is 6.99. The molecule has 0 unspecified atom stereocenters. The molecule has 3 nitrogen and oxygen atoms in total. The molecule has 0 saturated heterocycles. The Labute approximate surface area is 167 Å². The van der Waals surface area contributed by atoms with Crippen LogP contribution in [0.15, 0.2) is 66.7 Å². The van der Waals surface area contributed by atoms with Crippen molar-refractivity contribution in [1.29, 1.82) is 0 Å². The zero-order valence-corrected chi connectivity index (χ0v) is 16.1. The van der Waals surface area contributed by atoms with Crippen molar-refractivity contribution in [1.82, 2.24) is 0 Å². The van der Waals surface area contributed by atoms with Gasteiger partial charge in [0.15, 0.2) is 23.5 Å². The predicted octanol–water partition coefficient (Wildman–Crippen LogP) is 4.09. The van der Waals surface area contributed by atoms with E-state index in [0.29, 0.717) is 0 Å².